The Hall–Kier alpha value is -3.22. The molecule has 0 bridgehead atoms. The highest BCUT2D eigenvalue weighted by Crippen LogP contribution is 2.30. The average molecular weight is 375 g/mol. The van der Waals surface area contributed by atoms with Crippen LogP contribution >= 0.6 is 0 Å². The summed E-state index contributed by atoms with van der Waals surface area (Å²) in [5.41, 5.74) is 4.01. The SMILES string of the molecule is CCn1nnc2cc(C(=O)N3CCC[C@@H](c4nc5ccccc5o4)C3)ccc21. The number of aryl methyl sites for hydroxylation is 1. The van der Waals surface area contributed by atoms with E-state index >= 15 is 0 Å². The van der Waals surface area contributed by atoms with Crippen LogP contribution in [0.5, 0.6) is 0 Å². The molecule has 0 aliphatic carbocycles. The molecule has 5 rings (SSSR count). The second-order valence-corrected chi connectivity index (χ2v) is 7.22. The molecule has 0 radical (unpaired) electrons. The average Bonchev–Trinajstić information content (AvgIpc) is 3.36. The van der Waals surface area contributed by atoms with Crippen LogP contribution in [0, 0.1) is 0 Å². The van der Waals surface area contributed by atoms with E-state index in [1.165, 1.54) is 0 Å². The van der Waals surface area contributed by atoms with E-state index in [4.69, 9.17) is 4.42 Å². The van der Waals surface area contributed by atoms with Gasteiger partial charge in [0.05, 0.1) is 11.4 Å². The van der Waals surface area contributed by atoms with Gasteiger partial charge in [-0.25, -0.2) is 9.67 Å². The number of carbonyl (C=O) groups excluding carboxylic acids is 1. The van der Waals surface area contributed by atoms with E-state index in [0.717, 1.165) is 54.0 Å². The second kappa shape index (κ2) is 6.74. The van der Waals surface area contributed by atoms with Gasteiger partial charge in [0.25, 0.3) is 5.91 Å². The van der Waals surface area contributed by atoms with Crippen LogP contribution in [0.15, 0.2) is 46.9 Å². The molecule has 2 aromatic heterocycles. The maximum atomic E-state index is 13.1. The number of oxazole rings is 1. The number of aromatic nitrogens is 4. The molecule has 1 aliphatic rings. The highest BCUT2D eigenvalue weighted by atomic mass is 16.3. The first-order valence-electron chi connectivity index (χ1n) is 9.71. The van der Waals surface area contributed by atoms with Gasteiger partial charge in [0.15, 0.2) is 11.5 Å². The highest BCUT2D eigenvalue weighted by Gasteiger charge is 2.29. The van der Waals surface area contributed by atoms with Gasteiger partial charge in [-0.1, -0.05) is 17.3 Å². The Morgan fingerprint density at radius 1 is 1.21 bits per heavy atom. The molecule has 0 N–H and O–H groups in total. The summed E-state index contributed by atoms with van der Waals surface area (Å²) in [6.07, 6.45) is 1.91. The first-order valence-corrected chi connectivity index (χ1v) is 9.71. The van der Waals surface area contributed by atoms with Crippen molar-refractivity contribution in [2.24, 2.45) is 0 Å². The summed E-state index contributed by atoms with van der Waals surface area (Å²) in [6.45, 7) is 4.13. The molecule has 1 aliphatic heterocycles. The number of piperidine rings is 1. The Kier molecular flexibility index (Phi) is 4.07. The van der Waals surface area contributed by atoms with E-state index in [2.05, 4.69) is 15.3 Å². The number of rotatable bonds is 3. The monoisotopic (exact) mass is 375 g/mol. The summed E-state index contributed by atoms with van der Waals surface area (Å²) < 4.78 is 7.77. The zero-order valence-corrected chi connectivity index (χ0v) is 15.7. The molecule has 7 heteroatoms. The smallest absolute Gasteiger partial charge is 0.253 e. The molecule has 1 fully saturated rings. The molecular formula is C21H21N5O2. The Bertz CT molecular complexity index is 1130. The highest BCUT2D eigenvalue weighted by molar-refractivity contribution is 5.97. The van der Waals surface area contributed by atoms with Crippen LogP contribution < -0.4 is 0 Å². The lowest BCUT2D eigenvalue weighted by atomic mass is 9.97. The Morgan fingerprint density at radius 2 is 2.11 bits per heavy atom. The minimum absolute atomic E-state index is 0.0220. The van der Waals surface area contributed by atoms with Gasteiger partial charge >= 0.3 is 0 Å². The van der Waals surface area contributed by atoms with Crippen molar-refractivity contribution in [3.8, 4) is 0 Å². The number of amides is 1. The molecule has 142 valence electrons. The van der Waals surface area contributed by atoms with Crippen LogP contribution in [0.1, 0.15) is 41.9 Å². The molecule has 1 amide bonds. The second-order valence-electron chi connectivity index (χ2n) is 7.22. The van der Waals surface area contributed by atoms with E-state index in [9.17, 15) is 4.79 Å². The molecule has 0 saturated carbocycles. The molecule has 0 spiro atoms. The van der Waals surface area contributed by atoms with E-state index in [-0.39, 0.29) is 11.8 Å². The first kappa shape index (κ1) is 16.9. The van der Waals surface area contributed by atoms with Crippen LogP contribution in [0.25, 0.3) is 22.1 Å². The molecule has 28 heavy (non-hydrogen) atoms. The third kappa shape index (κ3) is 2.83. The minimum Gasteiger partial charge on any atom is -0.440 e. The molecule has 1 saturated heterocycles. The van der Waals surface area contributed by atoms with Gasteiger partial charge < -0.3 is 9.32 Å². The number of para-hydroxylation sites is 2. The Morgan fingerprint density at radius 3 is 2.96 bits per heavy atom. The van der Waals surface area contributed by atoms with E-state index < -0.39 is 0 Å². The zero-order valence-electron chi connectivity index (χ0n) is 15.7. The Labute approximate surface area is 161 Å². The standard InChI is InChI=1S/C21H21N5O2/c1-2-26-18-10-9-14(12-17(18)23-24-26)21(27)25-11-5-6-15(13-25)20-22-16-7-3-4-8-19(16)28-20/h3-4,7-10,12,15H,2,5-6,11,13H2,1H3/t15-/m1/s1. The van der Waals surface area contributed by atoms with Gasteiger partial charge in [0.2, 0.25) is 0 Å². The van der Waals surface area contributed by atoms with Gasteiger partial charge in [-0.3, -0.25) is 4.79 Å². The van der Waals surface area contributed by atoms with Crippen molar-refractivity contribution < 1.29 is 9.21 Å². The molecule has 1 atom stereocenters. The first-order chi connectivity index (χ1) is 13.7. The van der Waals surface area contributed by atoms with Gasteiger partial charge in [0, 0.05) is 25.2 Å². The number of fused-ring (bicyclic) bond motifs is 2. The Balaban J connectivity index is 1.39. The number of benzene rings is 2. The number of hydrogen-bond donors (Lipinski definition) is 0. The maximum Gasteiger partial charge on any atom is 0.253 e. The molecule has 0 unspecified atom stereocenters. The predicted octanol–water partition coefficient (Wildman–Crippen LogP) is 3.61. The summed E-state index contributed by atoms with van der Waals surface area (Å²) in [5, 5.41) is 8.30. The van der Waals surface area contributed by atoms with Crippen LogP contribution in [0.3, 0.4) is 0 Å². The van der Waals surface area contributed by atoms with Crippen molar-refractivity contribution in [3.05, 3.63) is 53.9 Å². The summed E-state index contributed by atoms with van der Waals surface area (Å²) in [7, 11) is 0. The lowest BCUT2D eigenvalue weighted by Gasteiger charge is -2.31. The van der Waals surface area contributed by atoms with E-state index in [1.807, 2.05) is 59.0 Å². The van der Waals surface area contributed by atoms with Gasteiger partial charge in [-0.15, -0.1) is 5.10 Å². The largest absolute Gasteiger partial charge is 0.440 e. The van der Waals surface area contributed by atoms with Crippen molar-refractivity contribution in [1.82, 2.24) is 24.9 Å². The van der Waals surface area contributed by atoms with Crippen molar-refractivity contribution in [2.75, 3.05) is 13.1 Å². The van der Waals surface area contributed by atoms with E-state index in [1.54, 1.807) is 0 Å². The van der Waals surface area contributed by atoms with Crippen molar-refractivity contribution in [2.45, 2.75) is 32.2 Å². The van der Waals surface area contributed by atoms with Gasteiger partial charge in [-0.05, 0) is 50.1 Å². The zero-order chi connectivity index (χ0) is 19.1. The third-order valence-electron chi connectivity index (χ3n) is 5.43. The third-order valence-corrected chi connectivity index (χ3v) is 5.43. The van der Waals surface area contributed by atoms with Crippen molar-refractivity contribution >= 4 is 28.0 Å². The van der Waals surface area contributed by atoms with Crippen LogP contribution in [-0.2, 0) is 6.54 Å². The molecule has 7 nitrogen and oxygen atoms in total. The number of likely N-dealkylation sites (tertiary alicyclic amines) is 1. The van der Waals surface area contributed by atoms with Crippen LogP contribution in [-0.4, -0.2) is 43.9 Å². The summed E-state index contributed by atoms with van der Waals surface area (Å²) in [4.78, 5) is 19.6. The molecule has 3 heterocycles. The number of hydrogen-bond acceptors (Lipinski definition) is 5. The molecular weight excluding hydrogens is 354 g/mol. The van der Waals surface area contributed by atoms with Crippen molar-refractivity contribution in [3.63, 3.8) is 0 Å². The topological polar surface area (TPSA) is 77.1 Å². The number of nitrogens with zero attached hydrogens (tertiary/aromatic N) is 5. The predicted molar refractivity (Wildman–Crippen MR) is 105 cm³/mol. The maximum absolute atomic E-state index is 13.1. The van der Waals surface area contributed by atoms with Gasteiger partial charge in [-0.2, -0.15) is 0 Å². The molecule has 4 aromatic rings. The molecule has 2 aromatic carbocycles. The van der Waals surface area contributed by atoms with Crippen molar-refractivity contribution in [1.29, 1.82) is 0 Å². The normalized spacial score (nSPS) is 17.5. The van der Waals surface area contributed by atoms with Crippen LogP contribution in [0.2, 0.25) is 0 Å². The lowest BCUT2D eigenvalue weighted by molar-refractivity contribution is 0.0699. The fraction of sp³-hybridized carbons (Fsp3) is 0.333. The quantitative estimate of drug-likeness (QED) is 0.547. The van der Waals surface area contributed by atoms with Gasteiger partial charge in [0.1, 0.15) is 11.0 Å². The summed E-state index contributed by atoms with van der Waals surface area (Å²) in [6, 6.07) is 13.4. The fourth-order valence-corrected chi connectivity index (χ4v) is 3.95. The van der Waals surface area contributed by atoms with E-state index in [0.29, 0.717) is 12.1 Å². The summed E-state index contributed by atoms with van der Waals surface area (Å²) >= 11 is 0. The lowest BCUT2D eigenvalue weighted by Crippen LogP contribution is -2.39. The minimum atomic E-state index is 0.0220. The van der Waals surface area contributed by atoms with Crippen LogP contribution in [0.4, 0.5) is 0 Å². The number of carbonyl (C=O) groups is 1. The summed E-state index contributed by atoms with van der Waals surface area (Å²) in [5.74, 6) is 0.864. The fourth-order valence-electron chi connectivity index (χ4n) is 3.95.